The number of benzene rings is 1. The van der Waals surface area contributed by atoms with Crippen molar-refractivity contribution in [3.05, 3.63) is 41.4 Å². The zero-order chi connectivity index (χ0) is 13.6. The van der Waals surface area contributed by atoms with Crippen molar-refractivity contribution < 1.29 is 17.6 Å². The number of halogens is 3. The molecule has 100 valence electrons. The third-order valence-electron chi connectivity index (χ3n) is 3.47. The molecule has 1 unspecified atom stereocenters. The van der Waals surface area contributed by atoms with Crippen LogP contribution >= 0.6 is 0 Å². The monoisotopic (exact) mass is 267 g/mol. The van der Waals surface area contributed by atoms with Crippen molar-refractivity contribution >= 4 is 16.5 Å². The van der Waals surface area contributed by atoms with Crippen LogP contribution in [0.2, 0.25) is 0 Å². The van der Waals surface area contributed by atoms with Crippen LogP contribution in [0.4, 0.5) is 13.2 Å². The summed E-state index contributed by atoms with van der Waals surface area (Å²) in [5, 5.41) is 3.10. The second-order valence-corrected chi connectivity index (χ2v) is 4.70. The van der Waals surface area contributed by atoms with Gasteiger partial charge in [0.15, 0.2) is 17.5 Å². The fourth-order valence-corrected chi connectivity index (χ4v) is 2.50. The topological polar surface area (TPSA) is 25.2 Å². The maximum atomic E-state index is 14.1. The largest absolute Gasteiger partial charge is 0.463 e. The Morgan fingerprint density at radius 1 is 1.21 bits per heavy atom. The van der Waals surface area contributed by atoms with E-state index < -0.39 is 17.5 Å². The lowest BCUT2D eigenvalue weighted by molar-refractivity contribution is 0.448. The molecule has 1 aromatic carbocycles. The molecule has 1 aliphatic heterocycles. The molecule has 1 aliphatic rings. The van der Waals surface area contributed by atoms with Gasteiger partial charge in [0.25, 0.3) is 0 Å². The minimum absolute atomic E-state index is 0.00131. The zero-order valence-electron chi connectivity index (χ0n) is 10.3. The van der Waals surface area contributed by atoms with Gasteiger partial charge < -0.3 is 9.73 Å². The molecule has 0 spiro atoms. The molecule has 1 aromatic heterocycles. The first-order valence-corrected chi connectivity index (χ1v) is 6.06. The van der Waals surface area contributed by atoms with Crippen LogP contribution in [0.5, 0.6) is 0 Å². The molecule has 0 fully saturated rings. The van der Waals surface area contributed by atoms with Crippen molar-refractivity contribution in [1.29, 1.82) is 0 Å². The summed E-state index contributed by atoms with van der Waals surface area (Å²) in [6.45, 7) is 3.13. The van der Waals surface area contributed by atoms with Crippen molar-refractivity contribution in [2.24, 2.45) is 5.92 Å². The maximum absolute atomic E-state index is 14.1. The number of rotatable bonds is 1. The highest BCUT2D eigenvalue weighted by Crippen LogP contribution is 2.36. The van der Waals surface area contributed by atoms with Crippen LogP contribution in [0, 0.1) is 23.4 Å². The maximum Gasteiger partial charge on any atom is 0.195 e. The van der Waals surface area contributed by atoms with Gasteiger partial charge in [0, 0.05) is 13.1 Å². The smallest absolute Gasteiger partial charge is 0.195 e. The first-order valence-electron chi connectivity index (χ1n) is 6.06. The van der Waals surface area contributed by atoms with Crippen molar-refractivity contribution in [2.45, 2.75) is 6.92 Å². The molecule has 0 saturated heterocycles. The van der Waals surface area contributed by atoms with Gasteiger partial charge in [-0.15, -0.1) is 0 Å². The summed E-state index contributed by atoms with van der Waals surface area (Å²) in [5.41, 5.74) is 0.749. The van der Waals surface area contributed by atoms with Gasteiger partial charge in [0.1, 0.15) is 5.58 Å². The van der Waals surface area contributed by atoms with Crippen LogP contribution in [-0.4, -0.2) is 13.1 Å². The van der Waals surface area contributed by atoms with E-state index in [0.29, 0.717) is 18.7 Å². The van der Waals surface area contributed by atoms with Crippen LogP contribution in [-0.2, 0) is 0 Å². The van der Waals surface area contributed by atoms with E-state index in [1.54, 1.807) is 6.08 Å². The Morgan fingerprint density at radius 2 is 2.00 bits per heavy atom. The zero-order valence-corrected chi connectivity index (χ0v) is 10.3. The molecule has 0 saturated carbocycles. The van der Waals surface area contributed by atoms with Gasteiger partial charge in [0.05, 0.1) is 17.2 Å². The average molecular weight is 267 g/mol. The minimum Gasteiger partial charge on any atom is -0.463 e. The van der Waals surface area contributed by atoms with E-state index in [4.69, 9.17) is 4.42 Å². The van der Waals surface area contributed by atoms with Gasteiger partial charge in [0.2, 0.25) is 0 Å². The second kappa shape index (κ2) is 4.42. The van der Waals surface area contributed by atoms with Crippen molar-refractivity contribution in [2.75, 3.05) is 13.1 Å². The predicted molar refractivity (Wildman–Crippen MR) is 66.1 cm³/mol. The van der Waals surface area contributed by atoms with Gasteiger partial charge in [-0.05, 0) is 17.6 Å². The molecule has 2 nitrogen and oxygen atoms in total. The Hall–Kier alpha value is -1.75. The second-order valence-electron chi connectivity index (χ2n) is 4.70. The molecular weight excluding hydrogens is 255 g/mol. The van der Waals surface area contributed by atoms with Crippen LogP contribution in [0.25, 0.3) is 16.5 Å². The Balaban J connectivity index is 2.34. The number of hydrogen-bond acceptors (Lipinski definition) is 2. The standard InChI is InChI=1S/C14H12F3NO/c1-7-6-18-4-2-8(7)10-12(16)13(17)11(15)9-3-5-19-14(9)10/h2-3,5,7,18H,4,6H2,1H3. The lowest BCUT2D eigenvalue weighted by Crippen LogP contribution is -2.27. The summed E-state index contributed by atoms with van der Waals surface area (Å²) in [6.07, 6.45) is 3.02. The van der Waals surface area contributed by atoms with Crippen molar-refractivity contribution in [3.63, 3.8) is 0 Å². The molecular formula is C14H12F3NO. The Kier molecular flexibility index (Phi) is 2.86. The van der Waals surface area contributed by atoms with Crippen LogP contribution in [0.15, 0.2) is 22.8 Å². The van der Waals surface area contributed by atoms with Crippen molar-refractivity contribution in [3.8, 4) is 0 Å². The molecule has 0 amide bonds. The third-order valence-corrected chi connectivity index (χ3v) is 3.47. The number of nitrogens with one attached hydrogen (secondary N) is 1. The van der Waals surface area contributed by atoms with Gasteiger partial charge in [-0.2, -0.15) is 0 Å². The summed E-state index contributed by atoms with van der Waals surface area (Å²) < 4.78 is 46.5. The average Bonchev–Trinajstić information content (AvgIpc) is 2.87. The van der Waals surface area contributed by atoms with Crippen LogP contribution in [0.3, 0.4) is 0 Å². The lowest BCUT2D eigenvalue weighted by Gasteiger charge is -2.22. The van der Waals surface area contributed by atoms with E-state index in [2.05, 4.69) is 5.32 Å². The summed E-state index contributed by atoms with van der Waals surface area (Å²) in [6, 6.07) is 1.31. The molecule has 2 heterocycles. The molecule has 19 heavy (non-hydrogen) atoms. The van der Waals surface area contributed by atoms with E-state index in [0.717, 1.165) is 0 Å². The SMILES string of the molecule is CC1CNCC=C1c1c(F)c(F)c(F)c2ccoc12. The summed E-state index contributed by atoms with van der Waals surface area (Å²) >= 11 is 0. The van der Waals surface area contributed by atoms with E-state index in [-0.39, 0.29) is 22.5 Å². The van der Waals surface area contributed by atoms with Gasteiger partial charge in [-0.1, -0.05) is 13.0 Å². The highest BCUT2D eigenvalue weighted by molar-refractivity contribution is 5.91. The Morgan fingerprint density at radius 3 is 2.74 bits per heavy atom. The van der Waals surface area contributed by atoms with Gasteiger partial charge in [-0.3, -0.25) is 0 Å². The van der Waals surface area contributed by atoms with E-state index in [9.17, 15) is 13.2 Å². The number of fused-ring (bicyclic) bond motifs is 1. The summed E-state index contributed by atoms with van der Waals surface area (Å²) in [7, 11) is 0. The first-order chi connectivity index (χ1) is 9.11. The molecule has 3 rings (SSSR count). The van der Waals surface area contributed by atoms with E-state index in [1.807, 2.05) is 6.92 Å². The third kappa shape index (κ3) is 1.76. The molecule has 0 bridgehead atoms. The highest BCUT2D eigenvalue weighted by atomic mass is 19.2. The Labute approximate surface area is 107 Å². The fourth-order valence-electron chi connectivity index (χ4n) is 2.50. The molecule has 1 N–H and O–H groups in total. The summed E-state index contributed by atoms with van der Waals surface area (Å²) in [4.78, 5) is 0. The first kappa shape index (κ1) is 12.3. The van der Waals surface area contributed by atoms with Gasteiger partial charge >= 0.3 is 0 Å². The predicted octanol–water partition coefficient (Wildman–Crippen LogP) is 3.47. The van der Waals surface area contributed by atoms with E-state index >= 15 is 0 Å². The van der Waals surface area contributed by atoms with Crippen molar-refractivity contribution in [1.82, 2.24) is 5.32 Å². The fraction of sp³-hybridized carbons (Fsp3) is 0.286. The number of hydrogen-bond donors (Lipinski definition) is 1. The molecule has 5 heteroatoms. The Bertz CT molecular complexity index is 675. The summed E-state index contributed by atoms with van der Waals surface area (Å²) in [5.74, 6) is -3.83. The van der Waals surface area contributed by atoms with Gasteiger partial charge in [-0.25, -0.2) is 13.2 Å². The van der Waals surface area contributed by atoms with E-state index in [1.165, 1.54) is 12.3 Å². The molecule has 0 aliphatic carbocycles. The number of furan rings is 1. The molecule has 0 radical (unpaired) electrons. The molecule has 2 aromatic rings. The minimum atomic E-state index is -1.45. The highest BCUT2D eigenvalue weighted by Gasteiger charge is 2.27. The lowest BCUT2D eigenvalue weighted by atomic mass is 9.90. The van der Waals surface area contributed by atoms with Crippen LogP contribution < -0.4 is 5.32 Å². The normalized spacial score (nSPS) is 19.8. The molecule has 1 atom stereocenters. The quantitative estimate of drug-likeness (QED) is 0.800. The van der Waals surface area contributed by atoms with Crippen LogP contribution in [0.1, 0.15) is 12.5 Å².